The molecule has 1 aliphatic heterocycles. The molecule has 35 heavy (non-hydrogen) atoms. The Balaban J connectivity index is 1.43. The molecule has 2 aliphatic rings. The molecule has 1 heterocycles. The van der Waals surface area contributed by atoms with Gasteiger partial charge in [-0.2, -0.15) is 0 Å². The second-order valence-electron chi connectivity index (χ2n) is 9.82. The number of aliphatic hydroxyl groups is 1. The minimum Gasteiger partial charge on any atom is -0.481 e. The van der Waals surface area contributed by atoms with E-state index in [1.54, 1.807) is 0 Å². The molecule has 4 rings (SSSR count). The Kier molecular flexibility index (Phi) is 7.40. The van der Waals surface area contributed by atoms with Gasteiger partial charge in [0.2, 0.25) is 5.91 Å². The molecule has 8 nitrogen and oxygen atoms in total. The van der Waals surface area contributed by atoms with Crippen LogP contribution >= 0.6 is 0 Å². The van der Waals surface area contributed by atoms with Crippen LogP contribution in [0.2, 0.25) is 0 Å². The second-order valence-corrected chi connectivity index (χ2v) is 9.82. The van der Waals surface area contributed by atoms with E-state index in [-0.39, 0.29) is 38.0 Å². The lowest BCUT2D eigenvalue weighted by Crippen LogP contribution is -2.55. The van der Waals surface area contributed by atoms with Crippen LogP contribution in [0.15, 0.2) is 48.5 Å². The molecule has 0 aromatic heterocycles. The quantitative estimate of drug-likeness (QED) is 0.560. The number of benzene rings is 2. The van der Waals surface area contributed by atoms with Crippen LogP contribution in [-0.4, -0.2) is 64.9 Å². The third-order valence-electron chi connectivity index (χ3n) is 6.73. The maximum absolute atomic E-state index is 13.2. The lowest BCUT2D eigenvalue weighted by Gasteiger charge is -2.36. The van der Waals surface area contributed by atoms with Crippen molar-refractivity contribution in [2.24, 2.45) is 11.8 Å². The zero-order chi connectivity index (χ0) is 25.1. The molecule has 2 unspecified atom stereocenters. The van der Waals surface area contributed by atoms with Crippen LogP contribution in [0.1, 0.15) is 43.7 Å². The van der Waals surface area contributed by atoms with Crippen molar-refractivity contribution in [2.45, 2.75) is 44.8 Å². The number of carbonyl (C=O) groups excluding carboxylic acids is 2. The molecule has 0 bridgehead atoms. The maximum atomic E-state index is 13.2. The van der Waals surface area contributed by atoms with Crippen LogP contribution in [0, 0.1) is 11.8 Å². The largest absolute Gasteiger partial charge is 0.481 e. The Morgan fingerprint density at radius 3 is 2.20 bits per heavy atom. The fourth-order valence-corrected chi connectivity index (χ4v) is 5.13. The number of aliphatic carboxylic acids is 1. The van der Waals surface area contributed by atoms with Gasteiger partial charge in [0.05, 0.1) is 12.0 Å². The monoisotopic (exact) mass is 480 g/mol. The van der Waals surface area contributed by atoms with Gasteiger partial charge in [0.1, 0.15) is 12.6 Å². The number of amides is 2. The summed E-state index contributed by atoms with van der Waals surface area (Å²) in [7, 11) is 0. The average Bonchev–Trinajstić information content (AvgIpc) is 3.15. The Hall–Kier alpha value is -3.39. The van der Waals surface area contributed by atoms with E-state index in [0.29, 0.717) is 6.42 Å². The van der Waals surface area contributed by atoms with Gasteiger partial charge in [-0.25, -0.2) is 4.79 Å². The molecular formula is C27H32N2O6. The number of fused-ring (bicyclic) bond motifs is 3. The SMILES string of the molecule is CC(C)C[C@@H](NC(=O)OCC1c2ccccc2-c2ccccc21)C(=O)N1CC(O)CC(C(=O)O)C1. The van der Waals surface area contributed by atoms with Crippen molar-refractivity contribution in [1.82, 2.24) is 10.2 Å². The number of aliphatic hydroxyl groups excluding tert-OH is 1. The standard InChI is InChI=1S/C27H32N2O6/c1-16(2)11-24(25(31)29-13-17(26(32)33)12-18(30)14-29)28-27(34)35-15-23-21-9-5-3-7-19(21)20-8-4-6-10-22(20)23/h3-10,16-18,23-24,30H,11-15H2,1-2H3,(H,28,34)(H,32,33)/t17?,18?,24-/m1/s1. The minimum absolute atomic E-state index is 0.00614. The van der Waals surface area contributed by atoms with Crippen LogP contribution in [-0.2, 0) is 14.3 Å². The van der Waals surface area contributed by atoms with E-state index in [4.69, 9.17) is 4.74 Å². The van der Waals surface area contributed by atoms with Crippen LogP contribution in [0.3, 0.4) is 0 Å². The van der Waals surface area contributed by atoms with Crippen molar-refractivity contribution in [3.05, 3.63) is 59.7 Å². The van der Waals surface area contributed by atoms with Crippen LogP contribution in [0.4, 0.5) is 4.79 Å². The number of ether oxygens (including phenoxy) is 1. The first kappa shape index (κ1) is 24.7. The molecule has 186 valence electrons. The van der Waals surface area contributed by atoms with Crippen LogP contribution in [0.5, 0.6) is 0 Å². The Labute approximate surface area is 204 Å². The third-order valence-corrected chi connectivity index (χ3v) is 6.73. The first-order valence-electron chi connectivity index (χ1n) is 12.1. The Morgan fingerprint density at radius 2 is 1.63 bits per heavy atom. The Bertz CT molecular complexity index is 1060. The summed E-state index contributed by atoms with van der Waals surface area (Å²) in [5, 5.41) is 22.1. The van der Waals surface area contributed by atoms with Crippen molar-refractivity contribution in [3.63, 3.8) is 0 Å². The van der Waals surface area contributed by atoms with E-state index < -0.39 is 36.0 Å². The number of rotatable bonds is 7. The predicted octanol–water partition coefficient (Wildman–Crippen LogP) is 3.23. The third kappa shape index (κ3) is 5.48. The van der Waals surface area contributed by atoms with Crippen molar-refractivity contribution in [2.75, 3.05) is 19.7 Å². The molecule has 2 amide bonds. The number of carboxylic acids is 1. The van der Waals surface area contributed by atoms with Gasteiger partial charge in [-0.15, -0.1) is 0 Å². The van der Waals surface area contributed by atoms with E-state index in [0.717, 1.165) is 22.3 Å². The average molecular weight is 481 g/mol. The smallest absolute Gasteiger partial charge is 0.407 e. The molecule has 1 saturated heterocycles. The van der Waals surface area contributed by atoms with E-state index in [1.165, 1.54) is 4.90 Å². The highest BCUT2D eigenvalue weighted by Gasteiger charge is 2.36. The van der Waals surface area contributed by atoms with Gasteiger partial charge in [0.15, 0.2) is 0 Å². The highest BCUT2D eigenvalue weighted by atomic mass is 16.5. The van der Waals surface area contributed by atoms with Gasteiger partial charge in [-0.1, -0.05) is 62.4 Å². The number of likely N-dealkylation sites (tertiary alicyclic amines) is 1. The molecule has 0 radical (unpaired) electrons. The van der Waals surface area contributed by atoms with Crippen molar-refractivity contribution in [1.29, 1.82) is 0 Å². The number of nitrogens with zero attached hydrogens (tertiary/aromatic N) is 1. The first-order chi connectivity index (χ1) is 16.7. The lowest BCUT2D eigenvalue weighted by atomic mass is 9.94. The zero-order valence-corrected chi connectivity index (χ0v) is 20.0. The summed E-state index contributed by atoms with van der Waals surface area (Å²) in [6.45, 7) is 4.05. The van der Waals surface area contributed by atoms with Crippen LogP contribution < -0.4 is 5.32 Å². The Morgan fingerprint density at radius 1 is 1.03 bits per heavy atom. The number of alkyl carbamates (subject to hydrolysis) is 1. The van der Waals surface area contributed by atoms with Gasteiger partial charge in [0, 0.05) is 19.0 Å². The first-order valence-corrected chi connectivity index (χ1v) is 12.1. The summed E-state index contributed by atoms with van der Waals surface area (Å²) in [5.41, 5.74) is 4.44. The number of hydrogen-bond acceptors (Lipinski definition) is 5. The summed E-state index contributed by atoms with van der Waals surface area (Å²) < 4.78 is 5.61. The number of hydrogen-bond donors (Lipinski definition) is 3. The molecule has 1 fully saturated rings. The molecule has 0 saturated carbocycles. The summed E-state index contributed by atoms with van der Waals surface area (Å²) in [5.74, 6) is -2.29. The van der Waals surface area contributed by atoms with Gasteiger partial charge in [-0.3, -0.25) is 9.59 Å². The molecular weight excluding hydrogens is 448 g/mol. The highest BCUT2D eigenvalue weighted by molar-refractivity contribution is 5.86. The fourth-order valence-electron chi connectivity index (χ4n) is 5.13. The fraction of sp³-hybridized carbons (Fsp3) is 0.444. The number of carbonyl (C=O) groups is 3. The molecule has 3 N–H and O–H groups in total. The van der Waals surface area contributed by atoms with Crippen LogP contribution in [0.25, 0.3) is 11.1 Å². The normalized spacial score (nSPS) is 20.2. The van der Waals surface area contributed by atoms with Gasteiger partial charge < -0.3 is 25.2 Å². The lowest BCUT2D eigenvalue weighted by molar-refractivity contribution is -0.149. The van der Waals surface area contributed by atoms with E-state index in [2.05, 4.69) is 17.4 Å². The predicted molar refractivity (Wildman–Crippen MR) is 130 cm³/mol. The van der Waals surface area contributed by atoms with Gasteiger partial charge >= 0.3 is 12.1 Å². The van der Waals surface area contributed by atoms with Gasteiger partial charge in [-0.05, 0) is 41.0 Å². The minimum atomic E-state index is -1.05. The molecule has 3 atom stereocenters. The van der Waals surface area contributed by atoms with Crippen molar-refractivity contribution >= 4 is 18.0 Å². The topological polar surface area (TPSA) is 116 Å². The number of nitrogens with one attached hydrogen (secondary N) is 1. The summed E-state index contributed by atoms with van der Waals surface area (Å²) in [4.78, 5) is 38.8. The summed E-state index contributed by atoms with van der Waals surface area (Å²) in [6, 6.07) is 15.2. The van der Waals surface area contributed by atoms with E-state index in [9.17, 15) is 24.6 Å². The maximum Gasteiger partial charge on any atom is 0.407 e. The molecule has 8 heteroatoms. The van der Waals surface area contributed by atoms with Gasteiger partial charge in [0.25, 0.3) is 0 Å². The highest BCUT2D eigenvalue weighted by Crippen LogP contribution is 2.44. The summed E-state index contributed by atoms with van der Waals surface area (Å²) >= 11 is 0. The molecule has 0 spiro atoms. The van der Waals surface area contributed by atoms with E-state index >= 15 is 0 Å². The second kappa shape index (κ2) is 10.5. The molecule has 1 aliphatic carbocycles. The molecule has 2 aromatic rings. The number of carboxylic acid groups (broad SMARTS) is 1. The van der Waals surface area contributed by atoms with Crippen molar-refractivity contribution < 1.29 is 29.3 Å². The summed E-state index contributed by atoms with van der Waals surface area (Å²) in [6.07, 6.45) is -1.14. The van der Waals surface area contributed by atoms with Crippen molar-refractivity contribution in [3.8, 4) is 11.1 Å². The zero-order valence-electron chi connectivity index (χ0n) is 20.0. The number of β-amino-alcohol motifs (C(OH)–C–C–N with tert-alkyl or cyclic N) is 1. The van der Waals surface area contributed by atoms with E-state index in [1.807, 2.05) is 50.2 Å². The molecule has 2 aromatic carbocycles. The number of piperidine rings is 1.